The van der Waals surface area contributed by atoms with Gasteiger partial charge in [0.2, 0.25) is 5.89 Å². The van der Waals surface area contributed by atoms with Gasteiger partial charge in [-0.15, -0.1) is 0 Å². The molecule has 0 saturated heterocycles. The summed E-state index contributed by atoms with van der Waals surface area (Å²) in [7, 11) is 0. The third-order valence-corrected chi connectivity index (χ3v) is 2.71. The van der Waals surface area contributed by atoms with Gasteiger partial charge in [-0.05, 0) is 18.2 Å². The summed E-state index contributed by atoms with van der Waals surface area (Å²) in [6.45, 7) is 3.32. The molecule has 2 rings (SSSR count). The predicted molar refractivity (Wildman–Crippen MR) is 65.9 cm³/mol. The Hall–Kier alpha value is -1.46. The van der Waals surface area contributed by atoms with E-state index in [0.717, 1.165) is 6.54 Å². The maximum absolute atomic E-state index is 13.7. The quantitative estimate of drug-likeness (QED) is 0.906. The molecule has 0 spiro atoms. The minimum Gasteiger partial charge on any atom is -0.338 e. The van der Waals surface area contributed by atoms with Crippen molar-refractivity contribution >= 4 is 11.6 Å². The molecule has 0 aliphatic heterocycles. The van der Waals surface area contributed by atoms with E-state index in [9.17, 15) is 4.39 Å². The van der Waals surface area contributed by atoms with Gasteiger partial charge in [-0.3, -0.25) is 0 Å². The summed E-state index contributed by atoms with van der Waals surface area (Å²) in [6.07, 6.45) is 0.266. The van der Waals surface area contributed by atoms with E-state index in [1.807, 2.05) is 6.92 Å². The van der Waals surface area contributed by atoms with E-state index in [0.29, 0.717) is 23.8 Å². The van der Waals surface area contributed by atoms with Crippen LogP contribution in [0.15, 0.2) is 22.7 Å². The summed E-state index contributed by atoms with van der Waals surface area (Å²) >= 11 is 5.70. The lowest BCUT2D eigenvalue weighted by Crippen LogP contribution is -2.11. The Bertz CT molecular complexity index is 530. The number of hydrogen-bond donors (Lipinski definition) is 1. The van der Waals surface area contributed by atoms with E-state index in [-0.39, 0.29) is 11.4 Å². The van der Waals surface area contributed by atoms with Gasteiger partial charge in [0, 0.05) is 6.42 Å². The van der Waals surface area contributed by atoms with Crippen LogP contribution in [0.3, 0.4) is 0 Å². The van der Waals surface area contributed by atoms with Gasteiger partial charge in [0.05, 0.1) is 11.6 Å². The summed E-state index contributed by atoms with van der Waals surface area (Å²) < 4.78 is 18.7. The third kappa shape index (κ3) is 3.05. The zero-order valence-corrected chi connectivity index (χ0v) is 10.7. The number of benzene rings is 1. The van der Waals surface area contributed by atoms with Gasteiger partial charge in [0.25, 0.3) is 0 Å². The molecule has 0 amide bonds. The average Bonchev–Trinajstić information content (AvgIpc) is 2.80. The molecule has 0 bridgehead atoms. The Morgan fingerprint density at radius 2 is 2.28 bits per heavy atom. The van der Waals surface area contributed by atoms with Crippen LogP contribution in [0.4, 0.5) is 4.39 Å². The van der Waals surface area contributed by atoms with Gasteiger partial charge in [-0.25, -0.2) is 4.39 Å². The van der Waals surface area contributed by atoms with Crippen LogP contribution >= 0.6 is 11.6 Å². The second kappa shape index (κ2) is 5.93. The second-order valence-electron chi connectivity index (χ2n) is 3.77. The van der Waals surface area contributed by atoms with E-state index in [4.69, 9.17) is 16.1 Å². The molecule has 1 aromatic heterocycles. The fourth-order valence-corrected chi connectivity index (χ4v) is 1.72. The summed E-state index contributed by atoms with van der Waals surface area (Å²) in [6, 6.07) is 4.86. The molecule has 0 atom stereocenters. The number of aromatic nitrogens is 2. The zero-order valence-electron chi connectivity index (χ0n) is 9.91. The van der Waals surface area contributed by atoms with Crippen molar-refractivity contribution in [3.63, 3.8) is 0 Å². The van der Waals surface area contributed by atoms with Crippen molar-refractivity contribution < 1.29 is 8.91 Å². The Labute approximate surface area is 109 Å². The summed E-state index contributed by atoms with van der Waals surface area (Å²) in [4.78, 5) is 4.16. The van der Waals surface area contributed by atoms with Crippen LogP contribution in [0.5, 0.6) is 0 Å². The summed E-state index contributed by atoms with van der Waals surface area (Å²) in [5.74, 6) is 0.510. The first-order valence-electron chi connectivity index (χ1n) is 5.65. The Morgan fingerprint density at radius 1 is 1.44 bits per heavy atom. The standard InChI is InChI=1S/C12H13ClFN3O/c1-2-15-7-11-16-10(17-18-11)6-8-4-3-5-9(13)12(8)14/h3-5,15H,2,6-7H2,1H3. The number of nitrogens with zero attached hydrogens (tertiary/aromatic N) is 2. The van der Waals surface area contributed by atoms with Crippen molar-refractivity contribution in [2.45, 2.75) is 19.9 Å². The Morgan fingerprint density at radius 3 is 3.06 bits per heavy atom. The van der Waals surface area contributed by atoms with Crippen LogP contribution < -0.4 is 5.32 Å². The lowest BCUT2D eigenvalue weighted by molar-refractivity contribution is 0.364. The third-order valence-electron chi connectivity index (χ3n) is 2.42. The van der Waals surface area contributed by atoms with Gasteiger partial charge < -0.3 is 9.84 Å². The molecule has 0 radical (unpaired) electrons. The van der Waals surface area contributed by atoms with Gasteiger partial charge in [-0.1, -0.05) is 35.8 Å². The first-order chi connectivity index (χ1) is 8.70. The number of hydrogen-bond acceptors (Lipinski definition) is 4. The molecule has 6 heteroatoms. The van der Waals surface area contributed by atoms with Crippen LogP contribution in [-0.2, 0) is 13.0 Å². The van der Waals surface area contributed by atoms with Crippen LogP contribution in [0.1, 0.15) is 24.2 Å². The van der Waals surface area contributed by atoms with Crippen molar-refractivity contribution in [2.24, 2.45) is 0 Å². The van der Waals surface area contributed by atoms with E-state index in [1.165, 1.54) is 6.07 Å². The fraction of sp³-hybridized carbons (Fsp3) is 0.333. The maximum Gasteiger partial charge on any atom is 0.240 e. The average molecular weight is 270 g/mol. The topological polar surface area (TPSA) is 51.0 Å². The smallest absolute Gasteiger partial charge is 0.240 e. The molecule has 2 aromatic rings. The van der Waals surface area contributed by atoms with Crippen LogP contribution in [0, 0.1) is 5.82 Å². The maximum atomic E-state index is 13.7. The van der Waals surface area contributed by atoms with E-state index >= 15 is 0 Å². The SMILES string of the molecule is CCNCc1nc(Cc2cccc(Cl)c2F)no1. The predicted octanol–water partition coefficient (Wildman–Crippen LogP) is 2.56. The highest BCUT2D eigenvalue weighted by atomic mass is 35.5. The van der Waals surface area contributed by atoms with Crippen molar-refractivity contribution in [2.75, 3.05) is 6.54 Å². The van der Waals surface area contributed by atoms with E-state index < -0.39 is 5.82 Å². The zero-order chi connectivity index (χ0) is 13.0. The molecule has 0 unspecified atom stereocenters. The molecule has 1 heterocycles. The monoisotopic (exact) mass is 269 g/mol. The number of halogens is 2. The van der Waals surface area contributed by atoms with Gasteiger partial charge >= 0.3 is 0 Å². The normalized spacial score (nSPS) is 10.8. The van der Waals surface area contributed by atoms with Gasteiger partial charge in [0.1, 0.15) is 5.82 Å². The molecular formula is C12H13ClFN3O. The first-order valence-corrected chi connectivity index (χ1v) is 6.03. The van der Waals surface area contributed by atoms with E-state index in [2.05, 4.69) is 15.5 Å². The Balaban J connectivity index is 2.09. The molecule has 18 heavy (non-hydrogen) atoms. The minimum atomic E-state index is -0.433. The highest BCUT2D eigenvalue weighted by Crippen LogP contribution is 2.19. The van der Waals surface area contributed by atoms with Gasteiger partial charge in [0.15, 0.2) is 5.82 Å². The van der Waals surface area contributed by atoms with Crippen molar-refractivity contribution in [1.82, 2.24) is 15.5 Å². The van der Waals surface area contributed by atoms with Crippen LogP contribution in [0.2, 0.25) is 5.02 Å². The first kappa shape index (κ1) is 13.0. The minimum absolute atomic E-state index is 0.101. The highest BCUT2D eigenvalue weighted by Gasteiger charge is 2.11. The van der Waals surface area contributed by atoms with Crippen molar-refractivity contribution in [3.8, 4) is 0 Å². The van der Waals surface area contributed by atoms with Gasteiger partial charge in [-0.2, -0.15) is 4.98 Å². The van der Waals surface area contributed by atoms with Crippen LogP contribution in [0.25, 0.3) is 0 Å². The summed E-state index contributed by atoms with van der Waals surface area (Å²) in [5.41, 5.74) is 0.457. The Kier molecular flexibility index (Phi) is 4.28. The molecule has 0 saturated carbocycles. The second-order valence-corrected chi connectivity index (χ2v) is 4.18. The molecule has 96 valence electrons. The van der Waals surface area contributed by atoms with Crippen LogP contribution in [-0.4, -0.2) is 16.7 Å². The lowest BCUT2D eigenvalue weighted by atomic mass is 10.1. The highest BCUT2D eigenvalue weighted by molar-refractivity contribution is 6.30. The van der Waals surface area contributed by atoms with Crippen molar-refractivity contribution in [1.29, 1.82) is 0 Å². The molecule has 0 aliphatic carbocycles. The molecule has 4 nitrogen and oxygen atoms in total. The molecule has 1 N–H and O–H groups in total. The molecule has 0 fully saturated rings. The van der Waals surface area contributed by atoms with Crippen molar-refractivity contribution in [3.05, 3.63) is 46.3 Å². The fourth-order valence-electron chi connectivity index (χ4n) is 1.52. The molecular weight excluding hydrogens is 257 g/mol. The largest absolute Gasteiger partial charge is 0.338 e. The molecule has 0 aliphatic rings. The number of rotatable bonds is 5. The summed E-state index contributed by atoms with van der Waals surface area (Å²) in [5, 5.41) is 6.97. The molecule has 1 aromatic carbocycles. The lowest BCUT2D eigenvalue weighted by Gasteiger charge is -2.00. The van der Waals surface area contributed by atoms with E-state index in [1.54, 1.807) is 12.1 Å². The number of nitrogens with one attached hydrogen (secondary N) is 1.